The van der Waals surface area contributed by atoms with Gasteiger partial charge < -0.3 is 40.7 Å². The van der Waals surface area contributed by atoms with Gasteiger partial charge in [-0.1, -0.05) is 19.8 Å². The van der Waals surface area contributed by atoms with Gasteiger partial charge in [-0.05, 0) is 6.42 Å². The lowest BCUT2D eigenvalue weighted by Gasteiger charge is -2.44. The molecule has 0 aromatic rings. The highest BCUT2D eigenvalue weighted by Crippen LogP contribution is 2.33. The molecule has 1 heterocycles. The van der Waals surface area contributed by atoms with E-state index in [4.69, 9.17) is 20.3 Å². The molecule has 6 atom stereocenters. The van der Waals surface area contributed by atoms with Crippen LogP contribution in [0.4, 0.5) is 0 Å². The Morgan fingerprint density at radius 2 is 2.00 bits per heavy atom. The van der Waals surface area contributed by atoms with E-state index in [-0.39, 0.29) is 6.42 Å². The highest BCUT2D eigenvalue weighted by Gasteiger charge is 2.56. The van der Waals surface area contributed by atoms with Crippen molar-refractivity contribution in [3.8, 4) is 0 Å². The molecule has 0 unspecified atom stereocenters. The molecule has 1 fully saturated rings. The van der Waals surface area contributed by atoms with E-state index in [2.05, 4.69) is 0 Å². The van der Waals surface area contributed by atoms with E-state index in [1.807, 2.05) is 6.92 Å². The second-order valence-corrected chi connectivity index (χ2v) is 6.16. The minimum atomic E-state index is -2.53. The average Bonchev–Trinajstić information content (AvgIpc) is 2.56. The first kappa shape index (κ1) is 21.7. The lowest BCUT2D eigenvalue weighted by molar-refractivity contribution is -0.299. The van der Waals surface area contributed by atoms with Crippen molar-refractivity contribution in [3.63, 3.8) is 0 Å². The quantitative estimate of drug-likeness (QED) is 0.199. The van der Waals surface area contributed by atoms with Gasteiger partial charge in [0.1, 0.15) is 18.3 Å². The topological polar surface area (TPSA) is 180 Å². The molecule has 1 saturated heterocycles. The lowest BCUT2D eigenvalue weighted by atomic mass is 9.89. The van der Waals surface area contributed by atoms with Gasteiger partial charge in [-0.25, -0.2) is 4.79 Å². The van der Waals surface area contributed by atoms with Gasteiger partial charge in [-0.2, -0.15) is 0 Å². The van der Waals surface area contributed by atoms with Crippen molar-refractivity contribution in [2.75, 3.05) is 6.61 Å². The summed E-state index contributed by atoms with van der Waals surface area (Å²) in [6.45, 7) is 1.10. The molecule has 0 aromatic heterocycles. The van der Waals surface area contributed by atoms with Crippen LogP contribution in [-0.2, 0) is 19.1 Å². The van der Waals surface area contributed by atoms with Gasteiger partial charge in [0.2, 0.25) is 0 Å². The van der Waals surface area contributed by atoms with Crippen molar-refractivity contribution in [2.45, 2.75) is 75.3 Å². The van der Waals surface area contributed by atoms with Crippen LogP contribution in [0.5, 0.6) is 0 Å². The molecule has 146 valence electrons. The summed E-state index contributed by atoms with van der Waals surface area (Å²) in [5.41, 5.74) is 5.71. The van der Waals surface area contributed by atoms with Crippen LogP contribution >= 0.6 is 0 Å². The Hall–Kier alpha value is -1.30. The molecule has 0 bridgehead atoms. The van der Waals surface area contributed by atoms with Gasteiger partial charge in [-0.15, -0.1) is 0 Å². The Bertz CT molecular complexity index is 460. The highest BCUT2D eigenvalue weighted by molar-refractivity contribution is 5.80. The maximum absolute atomic E-state index is 11.9. The Morgan fingerprint density at radius 3 is 2.52 bits per heavy atom. The molecule has 0 spiro atoms. The molecule has 0 aliphatic carbocycles. The summed E-state index contributed by atoms with van der Waals surface area (Å²) < 4.78 is 10.2. The number of unbranched alkanes of at least 4 members (excludes halogenated alkanes) is 2. The molecule has 1 aliphatic rings. The number of carbonyl (C=O) groups excluding carboxylic acids is 1. The monoisotopic (exact) mass is 365 g/mol. The first-order chi connectivity index (χ1) is 11.7. The zero-order valence-electron chi connectivity index (χ0n) is 14.1. The smallest absolute Gasteiger partial charge is 0.377 e. The fourth-order valence-electron chi connectivity index (χ4n) is 2.60. The lowest BCUT2D eigenvalue weighted by Crippen LogP contribution is -2.66. The molecule has 0 radical (unpaired) electrons. The molecule has 0 amide bonds. The van der Waals surface area contributed by atoms with Crippen LogP contribution in [0, 0.1) is 0 Å². The first-order valence-corrected chi connectivity index (χ1v) is 8.22. The number of carbonyl (C=O) groups is 2. The van der Waals surface area contributed by atoms with E-state index in [0.29, 0.717) is 6.42 Å². The number of nitrogens with two attached hydrogens (primary N) is 1. The molecule has 0 aromatic carbocycles. The third-order valence-corrected chi connectivity index (χ3v) is 4.13. The second-order valence-electron chi connectivity index (χ2n) is 6.16. The predicted molar refractivity (Wildman–Crippen MR) is 83.2 cm³/mol. The molecule has 25 heavy (non-hydrogen) atoms. The van der Waals surface area contributed by atoms with Crippen molar-refractivity contribution in [1.82, 2.24) is 0 Å². The predicted octanol–water partition coefficient (Wildman–Crippen LogP) is -1.92. The van der Waals surface area contributed by atoms with Crippen LogP contribution in [0.25, 0.3) is 0 Å². The molecular weight excluding hydrogens is 338 g/mol. The van der Waals surface area contributed by atoms with Crippen molar-refractivity contribution < 1.29 is 44.6 Å². The summed E-state index contributed by atoms with van der Waals surface area (Å²) in [5.74, 6) is -5.02. The van der Waals surface area contributed by atoms with Crippen LogP contribution in [0.15, 0.2) is 0 Å². The molecule has 7 N–H and O–H groups in total. The number of aliphatic hydroxyl groups excluding tert-OH is 4. The summed E-state index contributed by atoms with van der Waals surface area (Å²) in [5, 5.41) is 48.0. The first-order valence-electron chi connectivity index (χ1n) is 8.22. The third kappa shape index (κ3) is 5.33. The molecule has 10 heteroatoms. The van der Waals surface area contributed by atoms with E-state index >= 15 is 0 Å². The minimum absolute atomic E-state index is 0.0269. The van der Waals surface area contributed by atoms with Crippen LogP contribution in [0.1, 0.15) is 39.0 Å². The zero-order valence-corrected chi connectivity index (χ0v) is 14.1. The van der Waals surface area contributed by atoms with E-state index < -0.39 is 61.2 Å². The van der Waals surface area contributed by atoms with Gasteiger partial charge in [-0.3, -0.25) is 4.79 Å². The fraction of sp³-hybridized carbons (Fsp3) is 0.867. The number of esters is 1. The van der Waals surface area contributed by atoms with Crippen LogP contribution in [0.3, 0.4) is 0 Å². The molecule has 0 saturated carbocycles. The van der Waals surface area contributed by atoms with Crippen LogP contribution < -0.4 is 5.73 Å². The Balaban J connectivity index is 2.97. The Kier molecular flexibility index (Phi) is 8.19. The zero-order chi connectivity index (χ0) is 19.2. The summed E-state index contributed by atoms with van der Waals surface area (Å²) in [6, 6.07) is -1.25. The number of ether oxygens (including phenoxy) is 2. The van der Waals surface area contributed by atoms with Crippen LogP contribution in [0.2, 0.25) is 0 Å². The average molecular weight is 365 g/mol. The van der Waals surface area contributed by atoms with E-state index in [1.54, 1.807) is 0 Å². The summed E-state index contributed by atoms with van der Waals surface area (Å²) in [7, 11) is 0. The summed E-state index contributed by atoms with van der Waals surface area (Å²) in [6.07, 6.45) is -5.03. The summed E-state index contributed by atoms with van der Waals surface area (Å²) >= 11 is 0. The molecule has 1 aliphatic heterocycles. The normalized spacial score (nSPS) is 32.0. The minimum Gasteiger partial charge on any atom is -0.476 e. The van der Waals surface area contributed by atoms with E-state index in [9.17, 15) is 30.0 Å². The van der Waals surface area contributed by atoms with Crippen molar-refractivity contribution in [3.05, 3.63) is 0 Å². The molecule has 1 rings (SSSR count). The van der Waals surface area contributed by atoms with Gasteiger partial charge in [0.15, 0.2) is 0 Å². The number of rotatable bonds is 9. The van der Waals surface area contributed by atoms with Crippen molar-refractivity contribution >= 4 is 11.9 Å². The largest absolute Gasteiger partial charge is 0.476 e. The number of aliphatic hydroxyl groups is 4. The van der Waals surface area contributed by atoms with Gasteiger partial charge in [0.05, 0.1) is 25.2 Å². The Morgan fingerprint density at radius 1 is 1.36 bits per heavy atom. The van der Waals surface area contributed by atoms with E-state index in [0.717, 1.165) is 12.8 Å². The Labute approximate surface area is 145 Å². The number of hydrogen-bond donors (Lipinski definition) is 6. The number of hydrogen-bond acceptors (Lipinski definition) is 9. The van der Waals surface area contributed by atoms with Crippen molar-refractivity contribution in [2.24, 2.45) is 5.73 Å². The SMILES string of the molecule is CCCCCC(=O)O[C@@]1(C(=O)O)C[C@H](O)[C@@H](N)[C@H]([C@H](O)[C@H](O)CO)O1. The van der Waals surface area contributed by atoms with Gasteiger partial charge >= 0.3 is 17.7 Å². The second kappa shape index (κ2) is 9.41. The number of carboxylic acid groups (broad SMARTS) is 1. The third-order valence-electron chi connectivity index (χ3n) is 4.13. The summed E-state index contributed by atoms with van der Waals surface area (Å²) in [4.78, 5) is 23.6. The maximum atomic E-state index is 11.9. The van der Waals surface area contributed by atoms with Crippen molar-refractivity contribution in [1.29, 1.82) is 0 Å². The number of carboxylic acids is 1. The maximum Gasteiger partial charge on any atom is 0.377 e. The van der Waals surface area contributed by atoms with Gasteiger partial charge in [0.25, 0.3) is 0 Å². The number of aliphatic carboxylic acids is 1. The highest BCUT2D eigenvalue weighted by atomic mass is 16.7. The fourth-order valence-corrected chi connectivity index (χ4v) is 2.60. The van der Waals surface area contributed by atoms with Gasteiger partial charge in [0, 0.05) is 6.42 Å². The van der Waals surface area contributed by atoms with E-state index in [1.165, 1.54) is 0 Å². The molecule has 10 nitrogen and oxygen atoms in total. The van der Waals surface area contributed by atoms with Crippen LogP contribution in [-0.4, -0.2) is 80.3 Å². The standard InChI is InChI=1S/C15H27NO9/c1-2-3-4-5-10(20)24-15(14(22)23)6-8(18)11(16)13(25-15)12(21)9(19)7-17/h8-9,11-13,17-19,21H,2-7,16H2,1H3,(H,22,23)/t8-,9+,11+,12+,13+,15-/m0/s1. The molecular formula is C15H27NO9.